The van der Waals surface area contributed by atoms with Gasteiger partial charge in [0.05, 0.1) is 33.3 Å². The fraction of sp³-hybridized carbons (Fsp3) is 0.292. The summed E-state index contributed by atoms with van der Waals surface area (Å²) in [6.07, 6.45) is 0.228. The number of amides is 1. The Labute approximate surface area is 170 Å². The molecule has 5 heteroatoms. The quantitative estimate of drug-likeness (QED) is 0.723. The normalized spacial score (nSPS) is 16.8. The van der Waals surface area contributed by atoms with Gasteiger partial charge in [0.1, 0.15) is 11.9 Å². The first-order chi connectivity index (χ1) is 14.2. The predicted molar refractivity (Wildman–Crippen MR) is 112 cm³/mol. The largest absolute Gasteiger partial charge is 0.497 e. The highest BCUT2D eigenvalue weighted by Gasteiger charge is 2.25. The molecule has 1 N–H and O–H groups in total. The van der Waals surface area contributed by atoms with E-state index in [1.807, 2.05) is 47.4 Å². The Morgan fingerprint density at radius 2 is 1.79 bits per heavy atom. The molecule has 0 spiro atoms. The van der Waals surface area contributed by atoms with Crippen LogP contribution in [0.3, 0.4) is 0 Å². The second-order valence-corrected chi connectivity index (χ2v) is 7.32. The third-order valence-electron chi connectivity index (χ3n) is 5.42. The van der Waals surface area contributed by atoms with E-state index < -0.39 is 0 Å². The van der Waals surface area contributed by atoms with Crippen LogP contribution in [0.1, 0.15) is 22.8 Å². The molecule has 1 aliphatic rings. The molecule has 3 aromatic carbocycles. The maximum atomic E-state index is 12.8. The zero-order chi connectivity index (χ0) is 20.2. The number of aliphatic hydroxyl groups excluding tert-OH is 1. The van der Waals surface area contributed by atoms with Crippen molar-refractivity contribution in [1.82, 2.24) is 4.90 Å². The van der Waals surface area contributed by atoms with E-state index >= 15 is 0 Å². The number of aliphatic hydroxyl groups is 1. The molecular formula is C24H25NO4. The molecule has 1 aliphatic heterocycles. The van der Waals surface area contributed by atoms with Gasteiger partial charge in [0, 0.05) is 6.54 Å². The van der Waals surface area contributed by atoms with E-state index in [9.17, 15) is 4.79 Å². The zero-order valence-corrected chi connectivity index (χ0v) is 16.5. The van der Waals surface area contributed by atoms with Crippen LogP contribution in [0.15, 0.2) is 60.7 Å². The molecule has 1 atom stereocenters. The molecule has 5 nitrogen and oxygen atoms in total. The lowest BCUT2D eigenvalue weighted by Crippen LogP contribution is -2.43. The van der Waals surface area contributed by atoms with Crippen molar-refractivity contribution < 1.29 is 19.4 Å². The van der Waals surface area contributed by atoms with Gasteiger partial charge in [-0.3, -0.25) is 4.79 Å². The summed E-state index contributed by atoms with van der Waals surface area (Å²) in [7, 11) is 1.66. The van der Waals surface area contributed by atoms with Crippen LogP contribution in [-0.4, -0.2) is 42.7 Å². The molecule has 150 valence electrons. The Balaban J connectivity index is 1.45. The summed E-state index contributed by atoms with van der Waals surface area (Å²) in [6.45, 7) is 1.70. The van der Waals surface area contributed by atoms with Crippen LogP contribution in [0.25, 0.3) is 10.8 Å². The molecule has 1 saturated heterocycles. The van der Waals surface area contributed by atoms with Gasteiger partial charge in [-0.15, -0.1) is 0 Å². The monoisotopic (exact) mass is 391 g/mol. The zero-order valence-electron chi connectivity index (χ0n) is 16.5. The van der Waals surface area contributed by atoms with Crippen molar-refractivity contribution >= 4 is 16.7 Å². The van der Waals surface area contributed by atoms with E-state index in [-0.39, 0.29) is 18.6 Å². The minimum absolute atomic E-state index is 0.0118. The Morgan fingerprint density at radius 3 is 2.55 bits per heavy atom. The number of rotatable bonds is 5. The highest BCUT2D eigenvalue weighted by Crippen LogP contribution is 2.28. The van der Waals surface area contributed by atoms with E-state index in [0.29, 0.717) is 26.1 Å². The summed E-state index contributed by atoms with van der Waals surface area (Å²) in [4.78, 5) is 14.7. The first-order valence-corrected chi connectivity index (χ1v) is 9.82. The number of carbonyl (C=O) groups excluding carboxylic acids is 1. The molecular weight excluding hydrogens is 366 g/mol. The first kappa shape index (κ1) is 19.4. The summed E-state index contributed by atoms with van der Waals surface area (Å²) < 4.78 is 11.3. The molecule has 1 unspecified atom stereocenters. The van der Waals surface area contributed by atoms with Crippen molar-refractivity contribution in [2.24, 2.45) is 0 Å². The smallest absolute Gasteiger partial charge is 0.227 e. The molecule has 1 heterocycles. The van der Waals surface area contributed by atoms with Crippen LogP contribution >= 0.6 is 0 Å². The predicted octanol–water partition coefficient (Wildman–Crippen LogP) is 3.48. The topological polar surface area (TPSA) is 59.0 Å². The van der Waals surface area contributed by atoms with E-state index in [2.05, 4.69) is 18.2 Å². The standard InChI is InChI=1S/C24H25NO4/c1-28-22-9-8-19-13-21(7-6-20(19)14-22)23-15-25(10-11-29-23)24(27)12-17-2-4-18(16-26)5-3-17/h2-9,13-14,23,26H,10-12,15-16H2,1H3. The Morgan fingerprint density at radius 1 is 1.07 bits per heavy atom. The minimum Gasteiger partial charge on any atom is -0.497 e. The maximum absolute atomic E-state index is 12.8. The number of nitrogens with zero attached hydrogens (tertiary/aromatic N) is 1. The summed E-state index contributed by atoms with van der Waals surface area (Å²) >= 11 is 0. The highest BCUT2D eigenvalue weighted by atomic mass is 16.5. The number of methoxy groups -OCH3 is 1. The Kier molecular flexibility index (Phi) is 5.79. The summed E-state index contributed by atoms with van der Waals surface area (Å²) in [5.74, 6) is 0.934. The molecule has 1 fully saturated rings. The van der Waals surface area contributed by atoms with Crippen LogP contribution in [0.2, 0.25) is 0 Å². The third-order valence-corrected chi connectivity index (χ3v) is 5.42. The molecule has 0 saturated carbocycles. The van der Waals surface area contributed by atoms with Crippen molar-refractivity contribution in [3.05, 3.63) is 77.4 Å². The van der Waals surface area contributed by atoms with Crippen LogP contribution in [-0.2, 0) is 22.6 Å². The first-order valence-electron chi connectivity index (χ1n) is 9.82. The number of benzene rings is 3. The van der Waals surface area contributed by atoms with Gasteiger partial charge in [-0.1, -0.05) is 42.5 Å². The van der Waals surface area contributed by atoms with Gasteiger partial charge in [0.15, 0.2) is 0 Å². The van der Waals surface area contributed by atoms with Crippen LogP contribution in [0.4, 0.5) is 0 Å². The van der Waals surface area contributed by atoms with Crippen molar-refractivity contribution in [3.63, 3.8) is 0 Å². The van der Waals surface area contributed by atoms with Crippen molar-refractivity contribution in [1.29, 1.82) is 0 Å². The lowest BCUT2D eigenvalue weighted by molar-refractivity contribution is -0.138. The Bertz CT molecular complexity index is 999. The average Bonchev–Trinajstić information content (AvgIpc) is 2.79. The number of morpholine rings is 1. The minimum atomic E-state index is -0.129. The highest BCUT2D eigenvalue weighted by molar-refractivity contribution is 5.84. The second-order valence-electron chi connectivity index (χ2n) is 7.32. The van der Waals surface area contributed by atoms with Gasteiger partial charge in [-0.05, 0) is 45.7 Å². The molecule has 1 amide bonds. The van der Waals surface area contributed by atoms with Gasteiger partial charge in [0.2, 0.25) is 5.91 Å². The van der Waals surface area contributed by atoms with Crippen LogP contribution in [0, 0.1) is 0 Å². The van der Waals surface area contributed by atoms with E-state index in [4.69, 9.17) is 14.6 Å². The second kappa shape index (κ2) is 8.64. The fourth-order valence-corrected chi connectivity index (χ4v) is 3.70. The van der Waals surface area contributed by atoms with E-state index in [0.717, 1.165) is 33.2 Å². The number of fused-ring (bicyclic) bond motifs is 1. The van der Waals surface area contributed by atoms with Gasteiger partial charge < -0.3 is 19.5 Å². The van der Waals surface area contributed by atoms with Gasteiger partial charge in [-0.25, -0.2) is 0 Å². The molecule has 0 aliphatic carbocycles. The van der Waals surface area contributed by atoms with Gasteiger partial charge >= 0.3 is 0 Å². The summed E-state index contributed by atoms with van der Waals surface area (Å²) in [6, 6.07) is 19.8. The van der Waals surface area contributed by atoms with Crippen LogP contribution in [0.5, 0.6) is 5.75 Å². The summed E-state index contributed by atoms with van der Waals surface area (Å²) in [5.41, 5.74) is 2.88. The number of hydrogen-bond donors (Lipinski definition) is 1. The number of ether oxygens (including phenoxy) is 2. The average molecular weight is 391 g/mol. The van der Waals surface area contributed by atoms with Crippen molar-refractivity contribution in [2.75, 3.05) is 26.8 Å². The molecule has 0 bridgehead atoms. The molecule has 4 rings (SSSR count). The lowest BCUT2D eigenvalue weighted by Gasteiger charge is -2.33. The SMILES string of the molecule is COc1ccc2cc(C3CN(C(=O)Cc4ccc(CO)cc4)CCO3)ccc2c1. The molecule has 0 aromatic heterocycles. The van der Waals surface area contributed by atoms with E-state index in [1.165, 1.54) is 0 Å². The van der Waals surface area contributed by atoms with Gasteiger partial charge in [0.25, 0.3) is 0 Å². The number of hydrogen-bond acceptors (Lipinski definition) is 4. The van der Waals surface area contributed by atoms with E-state index in [1.54, 1.807) is 7.11 Å². The third kappa shape index (κ3) is 4.42. The van der Waals surface area contributed by atoms with Crippen LogP contribution < -0.4 is 4.74 Å². The molecule has 29 heavy (non-hydrogen) atoms. The number of carbonyl (C=O) groups is 1. The lowest BCUT2D eigenvalue weighted by atomic mass is 10.0. The molecule has 0 radical (unpaired) electrons. The summed E-state index contributed by atoms with van der Waals surface area (Å²) in [5, 5.41) is 11.4. The molecule has 3 aromatic rings. The maximum Gasteiger partial charge on any atom is 0.227 e. The fourth-order valence-electron chi connectivity index (χ4n) is 3.70. The van der Waals surface area contributed by atoms with Crippen molar-refractivity contribution in [2.45, 2.75) is 19.1 Å². The van der Waals surface area contributed by atoms with Crippen molar-refractivity contribution in [3.8, 4) is 5.75 Å². The Hall–Kier alpha value is -2.89. The van der Waals surface area contributed by atoms with Gasteiger partial charge in [-0.2, -0.15) is 0 Å².